The van der Waals surface area contributed by atoms with Crippen LogP contribution in [0.15, 0.2) is 12.4 Å². The van der Waals surface area contributed by atoms with Crippen LogP contribution < -0.4 is 5.32 Å². The van der Waals surface area contributed by atoms with Crippen LogP contribution in [-0.4, -0.2) is 28.1 Å². The van der Waals surface area contributed by atoms with E-state index >= 15 is 0 Å². The zero-order valence-corrected chi connectivity index (χ0v) is 12.6. The molecule has 5 heteroatoms. The Bertz CT molecular complexity index is 445. The normalized spacial score (nSPS) is 12.1. The van der Waals surface area contributed by atoms with E-state index in [9.17, 15) is 4.79 Å². The Kier molecular flexibility index (Phi) is 4.50. The van der Waals surface area contributed by atoms with Crippen molar-refractivity contribution in [3.63, 3.8) is 0 Å². The maximum absolute atomic E-state index is 11.6. The van der Waals surface area contributed by atoms with Crippen molar-refractivity contribution in [1.29, 1.82) is 0 Å². The molecule has 1 rings (SSSR count). The molecule has 1 aromatic rings. The molecule has 0 saturated heterocycles. The first-order valence-electron chi connectivity index (χ1n) is 6.36. The molecule has 1 aromatic heterocycles. The van der Waals surface area contributed by atoms with Crippen molar-refractivity contribution >= 4 is 11.8 Å². The van der Waals surface area contributed by atoms with Gasteiger partial charge in [0.15, 0.2) is 0 Å². The van der Waals surface area contributed by atoms with Crippen LogP contribution in [0.4, 0.5) is 5.82 Å². The molecule has 0 aliphatic heterocycles. The van der Waals surface area contributed by atoms with Crippen molar-refractivity contribution < 1.29 is 9.53 Å². The summed E-state index contributed by atoms with van der Waals surface area (Å²) in [4.78, 5) is 19.9. The molecular weight excluding hydrogens is 242 g/mol. The molecule has 0 spiro atoms. The summed E-state index contributed by atoms with van der Waals surface area (Å²) in [6.45, 7) is 11.8. The molecule has 1 heterocycles. The maximum Gasteiger partial charge on any atom is 0.325 e. The highest BCUT2D eigenvalue weighted by Crippen LogP contribution is 2.20. The summed E-state index contributed by atoms with van der Waals surface area (Å²) < 4.78 is 5.21. The Balaban J connectivity index is 2.62. The van der Waals surface area contributed by atoms with Gasteiger partial charge in [0.05, 0.1) is 5.69 Å². The van der Waals surface area contributed by atoms with Crippen molar-refractivity contribution in [1.82, 2.24) is 9.97 Å². The number of ether oxygens (including phenoxy) is 1. The Morgan fingerprint density at radius 2 is 1.84 bits per heavy atom. The fourth-order valence-electron chi connectivity index (χ4n) is 1.40. The number of carbonyl (C=O) groups excluding carboxylic acids is 1. The largest absolute Gasteiger partial charge is 0.459 e. The first kappa shape index (κ1) is 15.4. The van der Waals surface area contributed by atoms with Gasteiger partial charge < -0.3 is 10.1 Å². The van der Waals surface area contributed by atoms with Gasteiger partial charge in [-0.05, 0) is 20.8 Å². The molecule has 5 nitrogen and oxygen atoms in total. The van der Waals surface area contributed by atoms with Crippen LogP contribution in [-0.2, 0) is 14.9 Å². The lowest BCUT2D eigenvalue weighted by molar-refractivity contribution is -0.152. The summed E-state index contributed by atoms with van der Waals surface area (Å²) in [7, 11) is 0. The number of anilines is 1. The molecule has 0 unspecified atom stereocenters. The Hall–Kier alpha value is -1.65. The number of esters is 1. The van der Waals surface area contributed by atoms with Crippen LogP contribution in [0.5, 0.6) is 0 Å². The minimum atomic E-state index is -0.471. The van der Waals surface area contributed by atoms with Gasteiger partial charge in [0.2, 0.25) is 0 Å². The zero-order valence-electron chi connectivity index (χ0n) is 12.6. The van der Waals surface area contributed by atoms with Gasteiger partial charge in [0, 0.05) is 11.5 Å². The van der Waals surface area contributed by atoms with Gasteiger partial charge in [0.1, 0.15) is 24.3 Å². The molecule has 0 amide bonds. The molecule has 0 aliphatic carbocycles. The number of carbonyl (C=O) groups is 1. The molecule has 0 fully saturated rings. The van der Waals surface area contributed by atoms with E-state index in [1.807, 2.05) is 26.8 Å². The second-order valence-corrected chi connectivity index (χ2v) is 6.48. The molecule has 0 aromatic carbocycles. The first-order chi connectivity index (χ1) is 8.58. The average molecular weight is 265 g/mol. The second-order valence-electron chi connectivity index (χ2n) is 6.48. The van der Waals surface area contributed by atoms with Gasteiger partial charge in [-0.15, -0.1) is 0 Å². The van der Waals surface area contributed by atoms with E-state index in [-0.39, 0.29) is 17.9 Å². The lowest BCUT2D eigenvalue weighted by Crippen LogP contribution is -2.28. The number of rotatable bonds is 3. The van der Waals surface area contributed by atoms with E-state index in [0.717, 1.165) is 5.69 Å². The molecular formula is C14H23N3O2. The maximum atomic E-state index is 11.6. The molecule has 106 valence electrons. The quantitative estimate of drug-likeness (QED) is 0.851. The molecule has 19 heavy (non-hydrogen) atoms. The van der Waals surface area contributed by atoms with Gasteiger partial charge in [0.25, 0.3) is 0 Å². The summed E-state index contributed by atoms with van der Waals surface area (Å²) >= 11 is 0. The van der Waals surface area contributed by atoms with E-state index < -0.39 is 5.60 Å². The van der Waals surface area contributed by atoms with Crippen molar-refractivity contribution in [2.75, 3.05) is 11.9 Å². The Labute approximate surface area is 114 Å². The number of nitrogens with zero attached hydrogens (tertiary/aromatic N) is 2. The van der Waals surface area contributed by atoms with Crippen molar-refractivity contribution in [2.24, 2.45) is 0 Å². The van der Waals surface area contributed by atoms with Crippen LogP contribution in [0.3, 0.4) is 0 Å². The van der Waals surface area contributed by atoms with Gasteiger partial charge in [-0.3, -0.25) is 4.79 Å². The number of nitrogens with one attached hydrogen (secondary N) is 1. The minimum Gasteiger partial charge on any atom is -0.459 e. The lowest BCUT2D eigenvalue weighted by atomic mass is 9.92. The van der Waals surface area contributed by atoms with Gasteiger partial charge >= 0.3 is 5.97 Å². The highest BCUT2D eigenvalue weighted by Gasteiger charge is 2.18. The van der Waals surface area contributed by atoms with Gasteiger partial charge in [-0.1, -0.05) is 20.8 Å². The fraction of sp³-hybridized carbons (Fsp3) is 0.643. The summed E-state index contributed by atoms with van der Waals surface area (Å²) in [5, 5.41) is 2.95. The highest BCUT2D eigenvalue weighted by molar-refractivity contribution is 5.74. The standard InChI is InChI=1S/C14H23N3O2/c1-13(2,3)10-7-11(17-9-16-10)15-8-12(18)19-14(4,5)6/h7,9H,8H2,1-6H3,(H,15,16,17). The monoisotopic (exact) mass is 265 g/mol. The summed E-state index contributed by atoms with van der Waals surface area (Å²) in [5.74, 6) is 0.328. The van der Waals surface area contributed by atoms with E-state index in [4.69, 9.17) is 4.74 Å². The van der Waals surface area contributed by atoms with Gasteiger partial charge in [-0.2, -0.15) is 0 Å². The predicted octanol–water partition coefficient (Wildman–Crippen LogP) is 2.53. The van der Waals surface area contributed by atoms with Crippen molar-refractivity contribution in [2.45, 2.75) is 52.6 Å². The Morgan fingerprint density at radius 3 is 2.37 bits per heavy atom. The molecule has 0 saturated carbocycles. The van der Waals surface area contributed by atoms with Crippen LogP contribution >= 0.6 is 0 Å². The third kappa shape index (κ3) is 5.68. The van der Waals surface area contributed by atoms with Gasteiger partial charge in [-0.25, -0.2) is 9.97 Å². The molecule has 1 N–H and O–H groups in total. The van der Waals surface area contributed by atoms with Crippen LogP contribution in [0.25, 0.3) is 0 Å². The zero-order chi connectivity index (χ0) is 14.7. The third-order valence-corrected chi connectivity index (χ3v) is 2.27. The summed E-state index contributed by atoms with van der Waals surface area (Å²) in [5.41, 5.74) is 0.404. The van der Waals surface area contributed by atoms with E-state index in [0.29, 0.717) is 5.82 Å². The second kappa shape index (κ2) is 5.55. The van der Waals surface area contributed by atoms with E-state index in [2.05, 4.69) is 36.1 Å². The van der Waals surface area contributed by atoms with Crippen LogP contribution in [0.1, 0.15) is 47.2 Å². The SMILES string of the molecule is CC(C)(C)OC(=O)CNc1cc(C(C)(C)C)ncn1. The Morgan fingerprint density at radius 1 is 1.21 bits per heavy atom. The van der Waals surface area contributed by atoms with Crippen LogP contribution in [0, 0.1) is 0 Å². The summed E-state index contributed by atoms with van der Waals surface area (Å²) in [6, 6.07) is 1.85. The number of aromatic nitrogens is 2. The molecule has 0 aliphatic rings. The molecule has 0 bridgehead atoms. The summed E-state index contributed by atoms with van der Waals surface area (Å²) in [6.07, 6.45) is 1.50. The lowest BCUT2D eigenvalue weighted by Gasteiger charge is -2.20. The topological polar surface area (TPSA) is 64.1 Å². The van der Waals surface area contributed by atoms with Crippen molar-refractivity contribution in [3.05, 3.63) is 18.1 Å². The smallest absolute Gasteiger partial charge is 0.325 e. The average Bonchev–Trinajstić information content (AvgIpc) is 2.23. The van der Waals surface area contributed by atoms with Crippen molar-refractivity contribution in [3.8, 4) is 0 Å². The number of hydrogen-bond donors (Lipinski definition) is 1. The van der Waals surface area contributed by atoms with E-state index in [1.54, 1.807) is 0 Å². The molecule has 0 radical (unpaired) electrons. The predicted molar refractivity (Wildman–Crippen MR) is 75.1 cm³/mol. The minimum absolute atomic E-state index is 0.0503. The first-order valence-corrected chi connectivity index (χ1v) is 6.36. The highest BCUT2D eigenvalue weighted by atomic mass is 16.6. The third-order valence-electron chi connectivity index (χ3n) is 2.27. The van der Waals surface area contributed by atoms with Crippen LogP contribution in [0.2, 0.25) is 0 Å². The van der Waals surface area contributed by atoms with E-state index in [1.165, 1.54) is 6.33 Å². The number of hydrogen-bond acceptors (Lipinski definition) is 5. The fourth-order valence-corrected chi connectivity index (χ4v) is 1.40. The molecule has 0 atom stereocenters.